The van der Waals surface area contributed by atoms with Gasteiger partial charge < -0.3 is 5.73 Å². The Hall–Kier alpha value is -0.600. The van der Waals surface area contributed by atoms with E-state index in [-0.39, 0.29) is 17.8 Å². The molecule has 0 aliphatic heterocycles. The monoisotopic (exact) mass is 201 g/mol. The zero-order chi connectivity index (χ0) is 10.0. The Morgan fingerprint density at radius 1 is 1.38 bits per heavy atom. The molecule has 0 bridgehead atoms. The van der Waals surface area contributed by atoms with E-state index in [0.717, 1.165) is 0 Å². The van der Waals surface area contributed by atoms with Crippen LogP contribution in [0, 0.1) is 11.7 Å². The molecule has 13 heavy (non-hydrogen) atoms. The van der Waals surface area contributed by atoms with Crippen LogP contribution in [-0.2, 0) is 0 Å². The van der Waals surface area contributed by atoms with E-state index in [1.807, 2.05) is 13.8 Å². The lowest BCUT2D eigenvalue weighted by atomic mass is 9.96. The predicted octanol–water partition coefficient (Wildman–Crippen LogP) is 3.13. The minimum atomic E-state index is -0.339. The van der Waals surface area contributed by atoms with Crippen LogP contribution in [-0.4, -0.2) is 0 Å². The van der Waals surface area contributed by atoms with Gasteiger partial charge in [0.15, 0.2) is 0 Å². The average Bonchev–Trinajstić information content (AvgIpc) is 2.03. The van der Waals surface area contributed by atoms with Crippen LogP contribution >= 0.6 is 11.6 Å². The molecular weight excluding hydrogens is 189 g/mol. The summed E-state index contributed by atoms with van der Waals surface area (Å²) in [6.07, 6.45) is 0. The molecule has 1 atom stereocenters. The second kappa shape index (κ2) is 4.07. The van der Waals surface area contributed by atoms with Gasteiger partial charge in [-0.1, -0.05) is 31.5 Å². The molecule has 0 fully saturated rings. The smallest absolute Gasteiger partial charge is 0.129 e. The van der Waals surface area contributed by atoms with Crippen LogP contribution < -0.4 is 5.73 Å². The van der Waals surface area contributed by atoms with Gasteiger partial charge in [-0.15, -0.1) is 0 Å². The van der Waals surface area contributed by atoms with Crippen molar-refractivity contribution in [3.63, 3.8) is 0 Å². The molecule has 2 N–H and O–H groups in total. The molecule has 0 aromatic heterocycles. The Labute approximate surface area is 82.7 Å². The van der Waals surface area contributed by atoms with E-state index in [1.54, 1.807) is 12.1 Å². The molecule has 0 saturated carbocycles. The van der Waals surface area contributed by atoms with Crippen molar-refractivity contribution in [2.45, 2.75) is 19.9 Å². The Balaban J connectivity index is 3.12. The number of rotatable bonds is 2. The highest BCUT2D eigenvalue weighted by Gasteiger charge is 2.17. The van der Waals surface area contributed by atoms with Gasteiger partial charge in [0, 0.05) is 16.6 Å². The van der Waals surface area contributed by atoms with Crippen LogP contribution in [0.5, 0.6) is 0 Å². The minimum absolute atomic E-state index is 0.175. The zero-order valence-corrected chi connectivity index (χ0v) is 8.48. The largest absolute Gasteiger partial charge is 0.324 e. The summed E-state index contributed by atoms with van der Waals surface area (Å²) in [5, 5.41) is 0.404. The van der Waals surface area contributed by atoms with Crippen LogP contribution in [0.15, 0.2) is 18.2 Å². The van der Waals surface area contributed by atoms with E-state index in [1.165, 1.54) is 6.07 Å². The van der Waals surface area contributed by atoms with Crippen molar-refractivity contribution in [2.75, 3.05) is 0 Å². The molecule has 3 heteroatoms. The van der Waals surface area contributed by atoms with Gasteiger partial charge in [0.1, 0.15) is 5.82 Å². The molecular formula is C10H13ClFN. The van der Waals surface area contributed by atoms with Crippen molar-refractivity contribution in [1.29, 1.82) is 0 Å². The summed E-state index contributed by atoms with van der Waals surface area (Å²) in [5.41, 5.74) is 6.23. The van der Waals surface area contributed by atoms with Crippen molar-refractivity contribution >= 4 is 11.6 Å². The summed E-state index contributed by atoms with van der Waals surface area (Å²) in [6, 6.07) is 4.27. The molecule has 1 rings (SSSR count). The fourth-order valence-corrected chi connectivity index (χ4v) is 1.45. The number of halogens is 2. The molecule has 0 saturated heterocycles. The van der Waals surface area contributed by atoms with Gasteiger partial charge in [-0.05, 0) is 18.1 Å². The summed E-state index contributed by atoms with van der Waals surface area (Å²) >= 11 is 5.85. The normalized spacial score (nSPS) is 13.4. The second-order valence-corrected chi connectivity index (χ2v) is 3.81. The number of hydrogen-bond donors (Lipinski definition) is 1. The molecule has 72 valence electrons. The van der Waals surface area contributed by atoms with Crippen LogP contribution in [0.4, 0.5) is 4.39 Å². The summed E-state index contributed by atoms with van der Waals surface area (Å²) in [7, 11) is 0. The maximum atomic E-state index is 13.3. The average molecular weight is 202 g/mol. The zero-order valence-electron chi connectivity index (χ0n) is 7.72. The Morgan fingerprint density at radius 2 is 2.00 bits per heavy atom. The number of nitrogens with two attached hydrogens (primary N) is 1. The third kappa shape index (κ3) is 2.20. The fourth-order valence-electron chi connectivity index (χ4n) is 1.16. The van der Waals surface area contributed by atoms with Crippen LogP contribution in [0.25, 0.3) is 0 Å². The number of benzene rings is 1. The van der Waals surface area contributed by atoms with Gasteiger partial charge >= 0.3 is 0 Å². The van der Waals surface area contributed by atoms with E-state index >= 15 is 0 Å². The maximum absolute atomic E-state index is 13.3. The first-order valence-corrected chi connectivity index (χ1v) is 4.61. The van der Waals surface area contributed by atoms with Crippen molar-refractivity contribution < 1.29 is 4.39 Å². The molecule has 0 unspecified atom stereocenters. The highest BCUT2D eigenvalue weighted by Crippen LogP contribution is 2.28. The summed E-state index contributed by atoms with van der Waals surface area (Å²) < 4.78 is 13.3. The van der Waals surface area contributed by atoms with Crippen molar-refractivity contribution in [3.05, 3.63) is 34.6 Å². The lowest BCUT2D eigenvalue weighted by Crippen LogP contribution is -2.18. The van der Waals surface area contributed by atoms with Gasteiger partial charge in [-0.2, -0.15) is 0 Å². The lowest BCUT2D eigenvalue weighted by molar-refractivity contribution is 0.485. The van der Waals surface area contributed by atoms with Crippen molar-refractivity contribution in [2.24, 2.45) is 11.7 Å². The standard InChI is InChI=1S/C10H13ClFN/c1-6(2)10(13)9-7(11)4-3-5-8(9)12/h3-6,10H,13H2,1-2H3/t10-/m1/s1. The second-order valence-electron chi connectivity index (χ2n) is 3.41. The number of hydrogen-bond acceptors (Lipinski definition) is 1. The Morgan fingerprint density at radius 3 is 2.46 bits per heavy atom. The summed E-state index contributed by atoms with van der Waals surface area (Å²) in [4.78, 5) is 0. The van der Waals surface area contributed by atoms with Crippen molar-refractivity contribution in [1.82, 2.24) is 0 Å². The quantitative estimate of drug-likeness (QED) is 0.782. The van der Waals surface area contributed by atoms with Gasteiger partial charge in [-0.3, -0.25) is 0 Å². The van der Waals surface area contributed by atoms with Gasteiger partial charge in [0.2, 0.25) is 0 Å². The van der Waals surface area contributed by atoms with Crippen molar-refractivity contribution in [3.8, 4) is 0 Å². The third-order valence-corrected chi connectivity index (χ3v) is 2.38. The van der Waals surface area contributed by atoms with Gasteiger partial charge in [0.05, 0.1) is 0 Å². The van der Waals surface area contributed by atoms with E-state index in [9.17, 15) is 4.39 Å². The van der Waals surface area contributed by atoms with Crippen LogP contribution in [0.1, 0.15) is 25.5 Å². The molecule has 0 radical (unpaired) electrons. The summed E-state index contributed by atoms with van der Waals surface area (Å²) in [5.74, 6) is -0.150. The molecule has 0 heterocycles. The first-order chi connectivity index (χ1) is 6.04. The van der Waals surface area contributed by atoms with E-state index in [4.69, 9.17) is 17.3 Å². The first kappa shape index (κ1) is 10.5. The third-order valence-electron chi connectivity index (χ3n) is 2.05. The first-order valence-electron chi connectivity index (χ1n) is 4.23. The van der Waals surface area contributed by atoms with Crippen LogP contribution in [0.3, 0.4) is 0 Å². The molecule has 1 aromatic carbocycles. The molecule has 1 nitrogen and oxygen atoms in total. The van der Waals surface area contributed by atoms with E-state index < -0.39 is 0 Å². The highest BCUT2D eigenvalue weighted by molar-refractivity contribution is 6.31. The molecule has 0 amide bonds. The summed E-state index contributed by atoms with van der Waals surface area (Å²) in [6.45, 7) is 3.88. The molecule has 0 aliphatic rings. The molecule has 1 aromatic rings. The minimum Gasteiger partial charge on any atom is -0.324 e. The Bertz CT molecular complexity index is 279. The fraction of sp³-hybridized carbons (Fsp3) is 0.400. The SMILES string of the molecule is CC(C)[C@@H](N)c1c(F)cccc1Cl. The predicted molar refractivity (Wildman–Crippen MR) is 53.2 cm³/mol. The van der Waals surface area contributed by atoms with E-state index in [2.05, 4.69) is 0 Å². The maximum Gasteiger partial charge on any atom is 0.129 e. The molecule has 0 aliphatic carbocycles. The van der Waals surface area contributed by atoms with E-state index in [0.29, 0.717) is 10.6 Å². The topological polar surface area (TPSA) is 26.0 Å². The highest BCUT2D eigenvalue weighted by atomic mass is 35.5. The van der Waals surface area contributed by atoms with Crippen LogP contribution in [0.2, 0.25) is 5.02 Å². The van der Waals surface area contributed by atoms with Gasteiger partial charge in [-0.25, -0.2) is 4.39 Å². The Kier molecular flexibility index (Phi) is 3.28. The van der Waals surface area contributed by atoms with Gasteiger partial charge in [0.25, 0.3) is 0 Å². The molecule has 0 spiro atoms. The lowest BCUT2D eigenvalue weighted by Gasteiger charge is -2.17.